The van der Waals surface area contributed by atoms with Crippen molar-refractivity contribution in [1.82, 2.24) is 15.5 Å². The third kappa shape index (κ3) is 6.20. The standard InChI is InChI=1S/C15H29N3O2/c19-15(3-2-14-4-7-16-8-5-14)17-6-1-9-18-10-12-20-13-11-18/h14,16H,1-13H2,(H,17,19). The second kappa shape index (κ2) is 9.32. The maximum atomic E-state index is 11.8. The van der Waals surface area contributed by atoms with Crippen molar-refractivity contribution in [3.8, 4) is 0 Å². The zero-order valence-corrected chi connectivity index (χ0v) is 12.5. The van der Waals surface area contributed by atoms with E-state index >= 15 is 0 Å². The Morgan fingerprint density at radius 1 is 1.25 bits per heavy atom. The molecule has 0 saturated carbocycles. The van der Waals surface area contributed by atoms with E-state index in [1.807, 2.05) is 0 Å². The van der Waals surface area contributed by atoms with Gasteiger partial charge in [-0.15, -0.1) is 0 Å². The van der Waals surface area contributed by atoms with E-state index in [1.54, 1.807) is 0 Å². The zero-order valence-electron chi connectivity index (χ0n) is 12.5. The lowest BCUT2D eigenvalue weighted by Gasteiger charge is -2.26. The number of morpholine rings is 1. The molecule has 0 aromatic heterocycles. The molecular weight excluding hydrogens is 254 g/mol. The molecule has 0 atom stereocenters. The normalized spacial score (nSPS) is 21.8. The summed E-state index contributed by atoms with van der Waals surface area (Å²) in [4.78, 5) is 14.2. The SMILES string of the molecule is O=C(CCC1CCNCC1)NCCCN1CCOCC1. The minimum Gasteiger partial charge on any atom is -0.379 e. The molecule has 20 heavy (non-hydrogen) atoms. The van der Waals surface area contributed by atoms with Crippen molar-refractivity contribution < 1.29 is 9.53 Å². The predicted molar refractivity (Wildman–Crippen MR) is 79.7 cm³/mol. The Hall–Kier alpha value is -0.650. The maximum Gasteiger partial charge on any atom is 0.220 e. The van der Waals surface area contributed by atoms with Crippen molar-refractivity contribution in [1.29, 1.82) is 0 Å². The lowest BCUT2D eigenvalue weighted by molar-refractivity contribution is -0.121. The zero-order chi connectivity index (χ0) is 14.0. The quantitative estimate of drug-likeness (QED) is 0.672. The van der Waals surface area contributed by atoms with Crippen molar-refractivity contribution in [2.45, 2.75) is 32.1 Å². The molecule has 0 unspecified atom stereocenters. The third-order valence-corrected chi connectivity index (χ3v) is 4.32. The second-order valence-electron chi connectivity index (χ2n) is 5.89. The van der Waals surface area contributed by atoms with Crippen molar-refractivity contribution in [3.05, 3.63) is 0 Å². The Bertz CT molecular complexity index is 274. The average molecular weight is 283 g/mol. The number of hydrogen-bond acceptors (Lipinski definition) is 4. The minimum absolute atomic E-state index is 0.227. The average Bonchev–Trinajstić information content (AvgIpc) is 2.52. The lowest BCUT2D eigenvalue weighted by Crippen LogP contribution is -2.38. The summed E-state index contributed by atoms with van der Waals surface area (Å²) < 4.78 is 5.32. The van der Waals surface area contributed by atoms with Crippen molar-refractivity contribution >= 4 is 5.91 Å². The predicted octanol–water partition coefficient (Wildman–Crippen LogP) is 0.605. The number of ether oxygens (including phenoxy) is 1. The molecule has 0 spiro atoms. The molecule has 5 nitrogen and oxygen atoms in total. The Kier molecular flexibility index (Phi) is 7.33. The van der Waals surface area contributed by atoms with Crippen LogP contribution in [0.4, 0.5) is 0 Å². The first-order valence-electron chi connectivity index (χ1n) is 8.12. The molecule has 2 N–H and O–H groups in total. The molecular formula is C15H29N3O2. The Morgan fingerprint density at radius 2 is 2.00 bits per heavy atom. The largest absolute Gasteiger partial charge is 0.379 e. The molecule has 1 amide bonds. The van der Waals surface area contributed by atoms with Gasteiger partial charge in [0, 0.05) is 26.1 Å². The summed E-state index contributed by atoms with van der Waals surface area (Å²) in [5.74, 6) is 0.973. The fourth-order valence-corrected chi connectivity index (χ4v) is 2.95. The molecule has 5 heteroatoms. The van der Waals surface area contributed by atoms with Crippen LogP contribution in [0.25, 0.3) is 0 Å². The Morgan fingerprint density at radius 3 is 2.75 bits per heavy atom. The number of nitrogens with zero attached hydrogens (tertiary/aromatic N) is 1. The minimum atomic E-state index is 0.227. The van der Waals surface area contributed by atoms with Crippen molar-refractivity contribution in [2.75, 3.05) is 52.5 Å². The van der Waals surface area contributed by atoms with Crippen molar-refractivity contribution in [3.63, 3.8) is 0 Å². The smallest absolute Gasteiger partial charge is 0.220 e. The molecule has 0 aromatic carbocycles. The number of rotatable bonds is 7. The molecule has 2 aliphatic heterocycles. The van der Waals surface area contributed by atoms with Gasteiger partial charge in [0.05, 0.1) is 13.2 Å². The monoisotopic (exact) mass is 283 g/mol. The van der Waals surface area contributed by atoms with Crippen LogP contribution in [0.15, 0.2) is 0 Å². The van der Waals surface area contributed by atoms with Crippen LogP contribution in [-0.4, -0.2) is 63.3 Å². The summed E-state index contributed by atoms with van der Waals surface area (Å²) in [6, 6.07) is 0. The molecule has 0 aliphatic carbocycles. The topological polar surface area (TPSA) is 53.6 Å². The Balaban J connectivity index is 1.45. The van der Waals surface area contributed by atoms with E-state index in [4.69, 9.17) is 4.74 Å². The highest BCUT2D eigenvalue weighted by Crippen LogP contribution is 2.17. The molecule has 2 aliphatic rings. The van der Waals surface area contributed by atoms with Gasteiger partial charge >= 0.3 is 0 Å². The number of amides is 1. The number of hydrogen-bond donors (Lipinski definition) is 2. The number of carbonyl (C=O) groups excluding carboxylic acids is 1. The summed E-state index contributed by atoms with van der Waals surface area (Å²) in [5.41, 5.74) is 0. The molecule has 2 heterocycles. The first-order chi connectivity index (χ1) is 9.84. The molecule has 2 fully saturated rings. The molecule has 2 saturated heterocycles. The van der Waals surface area contributed by atoms with E-state index in [0.717, 1.165) is 71.2 Å². The number of piperidine rings is 1. The summed E-state index contributed by atoms with van der Waals surface area (Å²) >= 11 is 0. The highest BCUT2D eigenvalue weighted by atomic mass is 16.5. The molecule has 0 aromatic rings. The van der Waals surface area contributed by atoms with Gasteiger partial charge in [0.1, 0.15) is 0 Å². The van der Waals surface area contributed by atoms with Crippen molar-refractivity contribution in [2.24, 2.45) is 5.92 Å². The van der Waals surface area contributed by atoms with E-state index in [2.05, 4.69) is 15.5 Å². The lowest BCUT2D eigenvalue weighted by atomic mass is 9.93. The summed E-state index contributed by atoms with van der Waals surface area (Å²) in [7, 11) is 0. The van der Waals surface area contributed by atoms with Gasteiger partial charge in [0.25, 0.3) is 0 Å². The first kappa shape index (κ1) is 15.7. The highest BCUT2D eigenvalue weighted by Gasteiger charge is 2.14. The first-order valence-corrected chi connectivity index (χ1v) is 8.12. The summed E-state index contributed by atoms with van der Waals surface area (Å²) in [6.07, 6.45) is 5.24. The summed E-state index contributed by atoms with van der Waals surface area (Å²) in [6.45, 7) is 7.87. The van der Waals surface area contributed by atoms with E-state index < -0.39 is 0 Å². The Labute approximate surface area is 122 Å². The second-order valence-corrected chi connectivity index (χ2v) is 5.89. The highest BCUT2D eigenvalue weighted by molar-refractivity contribution is 5.75. The van der Waals surface area contributed by atoms with Gasteiger partial charge in [-0.05, 0) is 51.2 Å². The van der Waals surface area contributed by atoms with Crippen LogP contribution in [0.5, 0.6) is 0 Å². The third-order valence-electron chi connectivity index (χ3n) is 4.32. The van der Waals surface area contributed by atoms with Crippen LogP contribution in [0, 0.1) is 5.92 Å². The van der Waals surface area contributed by atoms with E-state index in [1.165, 1.54) is 12.8 Å². The molecule has 2 rings (SSSR count). The van der Waals surface area contributed by atoms with Gasteiger partial charge in [-0.25, -0.2) is 0 Å². The molecule has 0 radical (unpaired) electrons. The fourth-order valence-electron chi connectivity index (χ4n) is 2.95. The van der Waals surface area contributed by atoms with Gasteiger partial charge in [0.15, 0.2) is 0 Å². The number of nitrogens with one attached hydrogen (secondary N) is 2. The van der Waals surface area contributed by atoms with E-state index in [9.17, 15) is 4.79 Å². The van der Waals surface area contributed by atoms with E-state index in [0.29, 0.717) is 6.42 Å². The van der Waals surface area contributed by atoms with Crippen LogP contribution in [-0.2, 0) is 9.53 Å². The van der Waals surface area contributed by atoms with Gasteiger partial charge in [-0.2, -0.15) is 0 Å². The maximum absolute atomic E-state index is 11.8. The van der Waals surface area contributed by atoms with Gasteiger partial charge in [-0.1, -0.05) is 0 Å². The van der Waals surface area contributed by atoms with Gasteiger partial charge in [0.2, 0.25) is 5.91 Å². The fraction of sp³-hybridized carbons (Fsp3) is 0.933. The van der Waals surface area contributed by atoms with Crippen LogP contribution in [0.2, 0.25) is 0 Å². The van der Waals surface area contributed by atoms with E-state index in [-0.39, 0.29) is 5.91 Å². The molecule has 0 bridgehead atoms. The number of carbonyl (C=O) groups is 1. The van der Waals surface area contributed by atoms with Crippen LogP contribution in [0.3, 0.4) is 0 Å². The van der Waals surface area contributed by atoms with Gasteiger partial charge < -0.3 is 15.4 Å². The van der Waals surface area contributed by atoms with Gasteiger partial charge in [-0.3, -0.25) is 9.69 Å². The van der Waals surface area contributed by atoms with Crippen LogP contribution in [0.1, 0.15) is 32.1 Å². The summed E-state index contributed by atoms with van der Waals surface area (Å²) in [5, 5.41) is 6.41. The molecule has 116 valence electrons. The van der Waals surface area contributed by atoms with Crippen LogP contribution >= 0.6 is 0 Å². The van der Waals surface area contributed by atoms with Crippen LogP contribution < -0.4 is 10.6 Å².